The number of aryl methyl sites for hydroxylation is 1. The number of hydrogen-bond acceptors (Lipinski definition) is 5. The third-order valence-electron chi connectivity index (χ3n) is 2.50. The van der Waals surface area contributed by atoms with Crippen LogP contribution in [0.15, 0.2) is 24.7 Å². The Morgan fingerprint density at radius 3 is 3.00 bits per heavy atom. The van der Waals surface area contributed by atoms with Crippen LogP contribution in [0.25, 0.3) is 0 Å². The van der Waals surface area contributed by atoms with Gasteiger partial charge in [-0.25, -0.2) is 4.98 Å². The van der Waals surface area contributed by atoms with E-state index in [1.807, 2.05) is 7.05 Å². The molecular formula is C11H14N6O. The molecule has 0 spiro atoms. The molecule has 0 fully saturated rings. The molecule has 18 heavy (non-hydrogen) atoms. The average Bonchev–Trinajstić information content (AvgIpc) is 2.81. The average molecular weight is 246 g/mol. The first-order valence-electron chi connectivity index (χ1n) is 5.46. The minimum Gasteiger partial charge on any atom is -0.372 e. The van der Waals surface area contributed by atoms with Crippen LogP contribution in [0, 0.1) is 0 Å². The van der Waals surface area contributed by atoms with Crippen molar-refractivity contribution in [3.63, 3.8) is 0 Å². The van der Waals surface area contributed by atoms with Gasteiger partial charge in [0.15, 0.2) is 5.82 Å². The monoisotopic (exact) mass is 246 g/mol. The lowest BCUT2D eigenvalue weighted by atomic mass is 10.2. The van der Waals surface area contributed by atoms with Crippen LogP contribution in [0.5, 0.6) is 0 Å². The number of aromatic nitrogens is 4. The maximum Gasteiger partial charge on any atom is 0.255 e. The molecule has 0 aliphatic heterocycles. The van der Waals surface area contributed by atoms with Gasteiger partial charge in [0.1, 0.15) is 12.1 Å². The lowest BCUT2D eigenvalue weighted by Crippen LogP contribution is -2.25. The molecule has 0 saturated heterocycles. The van der Waals surface area contributed by atoms with Gasteiger partial charge in [0.25, 0.3) is 5.91 Å². The quantitative estimate of drug-likeness (QED) is 0.804. The zero-order valence-corrected chi connectivity index (χ0v) is 10.2. The summed E-state index contributed by atoms with van der Waals surface area (Å²) in [4.78, 5) is 16.1. The molecule has 2 aromatic rings. The maximum absolute atomic E-state index is 12.0. The number of nitrogens with one attached hydrogen (secondary N) is 2. The predicted molar refractivity (Wildman–Crippen MR) is 66.0 cm³/mol. The van der Waals surface area contributed by atoms with Crippen LogP contribution in [0.4, 0.5) is 5.82 Å². The normalized spacial score (nSPS) is 10.1. The fourth-order valence-electron chi connectivity index (χ4n) is 1.51. The van der Waals surface area contributed by atoms with E-state index < -0.39 is 0 Å². The number of amides is 1. The first-order chi connectivity index (χ1) is 8.72. The Kier molecular flexibility index (Phi) is 3.52. The van der Waals surface area contributed by atoms with E-state index in [9.17, 15) is 4.79 Å². The minimum absolute atomic E-state index is 0.199. The van der Waals surface area contributed by atoms with Gasteiger partial charge in [-0.1, -0.05) is 0 Å². The third-order valence-corrected chi connectivity index (χ3v) is 2.50. The molecule has 2 heterocycles. The number of nitrogens with zero attached hydrogens (tertiary/aromatic N) is 4. The van der Waals surface area contributed by atoms with E-state index in [1.165, 1.54) is 0 Å². The smallest absolute Gasteiger partial charge is 0.255 e. The van der Waals surface area contributed by atoms with Crippen molar-refractivity contribution in [3.8, 4) is 0 Å². The second-order valence-corrected chi connectivity index (χ2v) is 3.69. The summed E-state index contributed by atoms with van der Waals surface area (Å²) in [6.45, 7) is 0.327. The standard InChI is InChI=1S/C11H14N6O/c1-12-10-8(4-3-5-13-10)11(18)14-6-9-16-15-7-17(9)2/h3-5,7H,6H2,1-2H3,(H,12,13)(H,14,18). The molecule has 1 amide bonds. The van der Waals surface area contributed by atoms with E-state index in [2.05, 4.69) is 25.8 Å². The van der Waals surface area contributed by atoms with Crippen molar-refractivity contribution < 1.29 is 4.79 Å². The number of carbonyl (C=O) groups excluding carboxylic acids is 1. The topological polar surface area (TPSA) is 84.7 Å². The van der Waals surface area contributed by atoms with Gasteiger partial charge in [-0.3, -0.25) is 4.79 Å². The van der Waals surface area contributed by atoms with Crippen LogP contribution in [0.3, 0.4) is 0 Å². The Balaban J connectivity index is 2.06. The summed E-state index contributed by atoms with van der Waals surface area (Å²) in [7, 11) is 3.55. The molecule has 0 aromatic carbocycles. The van der Waals surface area contributed by atoms with E-state index in [-0.39, 0.29) is 5.91 Å². The zero-order valence-electron chi connectivity index (χ0n) is 10.2. The van der Waals surface area contributed by atoms with Crippen molar-refractivity contribution >= 4 is 11.7 Å². The van der Waals surface area contributed by atoms with Crippen molar-refractivity contribution in [2.75, 3.05) is 12.4 Å². The lowest BCUT2D eigenvalue weighted by Gasteiger charge is -2.08. The molecule has 2 N–H and O–H groups in total. The lowest BCUT2D eigenvalue weighted by molar-refractivity contribution is 0.0950. The van der Waals surface area contributed by atoms with Crippen LogP contribution >= 0.6 is 0 Å². The van der Waals surface area contributed by atoms with Gasteiger partial charge in [0.05, 0.1) is 12.1 Å². The Hall–Kier alpha value is -2.44. The molecule has 7 nitrogen and oxygen atoms in total. The summed E-state index contributed by atoms with van der Waals surface area (Å²) in [5.74, 6) is 1.04. The Labute approximate surface area is 104 Å². The number of carbonyl (C=O) groups is 1. The molecule has 0 aliphatic rings. The predicted octanol–water partition coefficient (Wildman–Crippen LogP) is 0.182. The zero-order chi connectivity index (χ0) is 13.0. The molecule has 7 heteroatoms. The molecule has 0 saturated carbocycles. The molecule has 2 rings (SSSR count). The second-order valence-electron chi connectivity index (χ2n) is 3.69. The van der Waals surface area contributed by atoms with Gasteiger partial charge < -0.3 is 15.2 Å². The van der Waals surface area contributed by atoms with Crippen LogP contribution in [0.1, 0.15) is 16.2 Å². The highest BCUT2D eigenvalue weighted by atomic mass is 16.1. The first kappa shape index (κ1) is 12.0. The Morgan fingerprint density at radius 1 is 1.50 bits per heavy atom. The van der Waals surface area contributed by atoms with Crippen LogP contribution in [0.2, 0.25) is 0 Å². The minimum atomic E-state index is -0.199. The fourth-order valence-corrected chi connectivity index (χ4v) is 1.51. The second kappa shape index (κ2) is 5.26. The molecule has 0 aliphatic carbocycles. The molecular weight excluding hydrogens is 232 g/mol. The molecule has 0 unspecified atom stereocenters. The van der Waals surface area contributed by atoms with Crippen LogP contribution in [-0.4, -0.2) is 32.7 Å². The summed E-state index contributed by atoms with van der Waals surface area (Å²) in [5, 5.41) is 13.3. The van der Waals surface area contributed by atoms with Gasteiger partial charge in [0, 0.05) is 20.3 Å². The van der Waals surface area contributed by atoms with Crippen molar-refractivity contribution in [2.24, 2.45) is 7.05 Å². The molecule has 0 bridgehead atoms. The van der Waals surface area contributed by atoms with E-state index in [4.69, 9.17) is 0 Å². The molecule has 2 aromatic heterocycles. The number of pyridine rings is 1. The summed E-state index contributed by atoms with van der Waals surface area (Å²) in [6.07, 6.45) is 3.22. The van der Waals surface area contributed by atoms with E-state index in [1.54, 1.807) is 36.3 Å². The summed E-state index contributed by atoms with van der Waals surface area (Å²) >= 11 is 0. The van der Waals surface area contributed by atoms with Gasteiger partial charge in [-0.15, -0.1) is 10.2 Å². The van der Waals surface area contributed by atoms with Crippen molar-refractivity contribution in [3.05, 3.63) is 36.0 Å². The van der Waals surface area contributed by atoms with Crippen LogP contribution < -0.4 is 10.6 Å². The summed E-state index contributed by atoms with van der Waals surface area (Å²) in [6, 6.07) is 3.43. The van der Waals surface area contributed by atoms with E-state index >= 15 is 0 Å². The van der Waals surface area contributed by atoms with Crippen LogP contribution in [-0.2, 0) is 13.6 Å². The van der Waals surface area contributed by atoms with Gasteiger partial charge in [-0.2, -0.15) is 0 Å². The molecule has 0 atom stereocenters. The highest BCUT2D eigenvalue weighted by Crippen LogP contribution is 2.10. The summed E-state index contributed by atoms with van der Waals surface area (Å²) < 4.78 is 1.75. The Morgan fingerprint density at radius 2 is 2.33 bits per heavy atom. The maximum atomic E-state index is 12.0. The molecule has 0 radical (unpaired) electrons. The highest BCUT2D eigenvalue weighted by molar-refractivity contribution is 5.98. The van der Waals surface area contributed by atoms with Crippen molar-refractivity contribution in [2.45, 2.75) is 6.54 Å². The van der Waals surface area contributed by atoms with Gasteiger partial charge in [0.2, 0.25) is 0 Å². The van der Waals surface area contributed by atoms with Gasteiger partial charge in [-0.05, 0) is 12.1 Å². The largest absolute Gasteiger partial charge is 0.372 e. The fraction of sp³-hybridized carbons (Fsp3) is 0.273. The van der Waals surface area contributed by atoms with E-state index in [0.717, 1.165) is 0 Å². The van der Waals surface area contributed by atoms with Crippen molar-refractivity contribution in [1.82, 2.24) is 25.1 Å². The number of anilines is 1. The number of rotatable bonds is 4. The van der Waals surface area contributed by atoms with Gasteiger partial charge >= 0.3 is 0 Å². The molecule has 94 valence electrons. The SMILES string of the molecule is CNc1ncccc1C(=O)NCc1nncn1C. The number of hydrogen-bond donors (Lipinski definition) is 2. The van der Waals surface area contributed by atoms with Crippen molar-refractivity contribution in [1.29, 1.82) is 0 Å². The third kappa shape index (κ3) is 2.45. The first-order valence-corrected chi connectivity index (χ1v) is 5.46. The summed E-state index contributed by atoms with van der Waals surface area (Å²) in [5.41, 5.74) is 0.502. The van der Waals surface area contributed by atoms with E-state index in [0.29, 0.717) is 23.8 Å². The Bertz CT molecular complexity index is 550. The highest BCUT2D eigenvalue weighted by Gasteiger charge is 2.11.